The summed E-state index contributed by atoms with van der Waals surface area (Å²) >= 11 is 0. The molecule has 10 nitrogen and oxygen atoms in total. The number of carbonyl (C=O) groups is 2. The normalized spacial score (nSPS) is 20.3. The number of nitrogens with one attached hydrogen (secondary N) is 3. The molecular weight excluding hydrogens is 520 g/mol. The fourth-order valence-electron chi connectivity index (χ4n) is 6.36. The minimum Gasteiger partial charge on any atom is -0.370 e. The van der Waals surface area contributed by atoms with E-state index in [2.05, 4.69) is 26.6 Å². The highest BCUT2D eigenvalue weighted by Gasteiger charge is 2.35. The van der Waals surface area contributed by atoms with E-state index in [1.807, 2.05) is 35.8 Å². The highest BCUT2D eigenvalue weighted by Crippen LogP contribution is 2.39. The van der Waals surface area contributed by atoms with Crippen LogP contribution in [0.5, 0.6) is 0 Å². The molecule has 2 aromatic heterocycles. The standard InChI is InChI=1S/C31H36N6O4/c1-21-4-2-6-28(32-21)34-31(40)23-8-9-27(25(17-23)33-29(38)10-11-35-12-14-41-15-13-35)36-18-22-16-24(20-36)26-5-3-7-30(39)37(26)19-22/h2-9,17,22,24H,10-16,18-20H2,1H3,(H,33,38)(H,32,34,40)/p+1. The summed E-state index contributed by atoms with van der Waals surface area (Å²) in [5.41, 5.74) is 3.90. The number of nitrogens with zero attached hydrogens (tertiary/aromatic N) is 3. The summed E-state index contributed by atoms with van der Waals surface area (Å²) in [6.07, 6.45) is 1.42. The number of benzene rings is 1. The Balaban J connectivity index is 1.25. The van der Waals surface area contributed by atoms with Gasteiger partial charge in [-0.3, -0.25) is 14.4 Å². The smallest absolute Gasteiger partial charge is 0.256 e. The maximum Gasteiger partial charge on any atom is 0.256 e. The number of hydrogen-bond donors (Lipinski definition) is 3. The maximum absolute atomic E-state index is 13.2. The number of pyridine rings is 2. The van der Waals surface area contributed by atoms with Crippen molar-refractivity contribution >= 4 is 29.0 Å². The van der Waals surface area contributed by atoms with E-state index < -0.39 is 0 Å². The van der Waals surface area contributed by atoms with Crippen LogP contribution in [0.4, 0.5) is 17.2 Å². The molecule has 2 fully saturated rings. The molecule has 2 saturated heterocycles. The number of carbonyl (C=O) groups excluding carboxylic acids is 2. The number of ether oxygens (including phenoxy) is 1. The van der Waals surface area contributed by atoms with Gasteiger partial charge in [-0.25, -0.2) is 4.98 Å². The second-order valence-electron chi connectivity index (χ2n) is 11.4. The lowest BCUT2D eigenvalue weighted by Gasteiger charge is -2.44. The third-order valence-corrected chi connectivity index (χ3v) is 8.39. The van der Waals surface area contributed by atoms with Gasteiger partial charge in [0.2, 0.25) is 5.91 Å². The zero-order valence-electron chi connectivity index (χ0n) is 23.4. The first-order chi connectivity index (χ1) is 19.9. The number of anilines is 3. The molecule has 3 N–H and O–H groups in total. The van der Waals surface area contributed by atoms with Gasteiger partial charge in [-0.1, -0.05) is 12.1 Å². The third-order valence-electron chi connectivity index (χ3n) is 8.39. The SMILES string of the molecule is Cc1cccc(NC(=O)c2ccc(N3CC4CC(C3)c3cccc(=O)n3C4)c(NC(=O)CC[NH+]3CCOCC3)c2)n1. The van der Waals surface area contributed by atoms with Crippen LogP contribution < -0.4 is 26.0 Å². The van der Waals surface area contributed by atoms with Crippen molar-refractivity contribution in [1.29, 1.82) is 0 Å². The van der Waals surface area contributed by atoms with Gasteiger partial charge in [0.25, 0.3) is 11.5 Å². The van der Waals surface area contributed by atoms with Gasteiger partial charge in [-0.05, 0) is 55.7 Å². The molecule has 0 spiro atoms. The van der Waals surface area contributed by atoms with Crippen LogP contribution in [-0.2, 0) is 16.1 Å². The Kier molecular flexibility index (Phi) is 7.84. The Labute approximate surface area is 239 Å². The quantitative estimate of drug-likeness (QED) is 0.408. The van der Waals surface area contributed by atoms with Crippen LogP contribution >= 0.6 is 0 Å². The van der Waals surface area contributed by atoms with Gasteiger partial charge in [-0.15, -0.1) is 0 Å². The monoisotopic (exact) mass is 557 g/mol. The number of fused-ring (bicyclic) bond motifs is 4. The second-order valence-corrected chi connectivity index (χ2v) is 11.4. The highest BCUT2D eigenvalue weighted by atomic mass is 16.5. The van der Waals surface area contributed by atoms with E-state index in [9.17, 15) is 14.4 Å². The summed E-state index contributed by atoms with van der Waals surface area (Å²) in [5.74, 6) is 0.672. The van der Waals surface area contributed by atoms with Crippen LogP contribution in [0.25, 0.3) is 0 Å². The largest absolute Gasteiger partial charge is 0.370 e. The predicted octanol–water partition coefficient (Wildman–Crippen LogP) is 1.67. The first-order valence-electron chi connectivity index (χ1n) is 14.5. The lowest BCUT2D eigenvalue weighted by molar-refractivity contribution is -0.907. The number of aromatic nitrogens is 2. The number of hydrogen-bond acceptors (Lipinski definition) is 6. The first kappa shape index (κ1) is 27.2. The fraction of sp³-hybridized carbons (Fsp3) is 0.419. The van der Waals surface area contributed by atoms with Crippen molar-refractivity contribution in [1.82, 2.24) is 9.55 Å². The molecule has 2 unspecified atom stereocenters. The average Bonchev–Trinajstić information content (AvgIpc) is 2.97. The van der Waals surface area contributed by atoms with Crippen LogP contribution in [-0.4, -0.2) is 67.3 Å². The lowest BCUT2D eigenvalue weighted by Crippen LogP contribution is -3.14. The molecule has 1 aromatic carbocycles. The highest BCUT2D eigenvalue weighted by molar-refractivity contribution is 6.06. The molecule has 3 aliphatic rings. The van der Waals surface area contributed by atoms with Gasteiger partial charge >= 0.3 is 0 Å². The van der Waals surface area contributed by atoms with Crippen molar-refractivity contribution in [2.75, 3.05) is 61.5 Å². The van der Waals surface area contributed by atoms with Crippen molar-refractivity contribution in [2.24, 2.45) is 5.92 Å². The molecule has 5 heterocycles. The van der Waals surface area contributed by atoms with Crippen LogP contribution in [0, 0.1) is 12.8 Å². The minimum absolute atomic E-state index is 0.0551. The summed E-state index contributed by atoms with van der Waals surface area (Å²) in [4.78, 5) is 46.9. The molecule has 3 aromatic rings. The molecule has 2 amide bonds. The number of piperidine rings is 1. The summed E-state index contributed by atoms with van der Waals surface area (Å²) in [5, 5.41) is 6.01. The number of rotatable bonds is 7. The molecule has 0 saturated carbocycles. The van der Waals surface area contributed by atoms with Gasteiger partial charge in [0, 0.05) is 48.6 Å². The molecule has 0 radical (unpaired) electrons. The zero-order valence-corrected chi connectivity index (χ0v) is 23.4. The predicted molar refractivity (Wildman–Crippen MR) is 157 cm³/mol. The lowest BCUT2D eigenvalue weighted by atomic mass is 9.83. The summed E-state index contributed by atoms with van der Waals surface area (Å²) in [7, 11) is 0. The van der Waals surface area contributed by atoms with Gasteiger partial charge in [0.15, 0.2) is 0 Å². The van der Waals surface area contributed by atoms with Crippen molar-refractivity contribution < 1.29 is 19.2 Å². The van der Waals surface area contributed by atoms with Crippen molar-refractivity contribution in [3.63, 3.8) is 0 Å². The zero-order chi connectivity index (χ0) is 28.3. The van der Waals surface area contributed by atoms with Crippen LogP contribution in [0.3, 0.4) is 0 Å². The third kappa shape index (κ3) is 6.18. The molecule has 3 aliphatic heterocycles. The summed E-state index contributed by atoms with van der Waals surface area (Å²) < 4.78 is 7.36. The van der Waals surface area contributed by atoms with Crippen LogP contribution in [0.2, 0.25) is 0 Å². The molecule has 214 valence electrons. The van der Waals surface area contributed by atoms with Crippen molar-refractivity contribution in [2.45, 2.75) is 32.2 Å². The molecule has 10 heteroatoms. The Morgan fingerprint density at radius 2 is 1.85 bits per heavy atom. The van der Waals surface area contributed by atoms with E-state index in [0.717, 1.165) is 69.4 Å². The Bertz CT molecular complexity index is 1500. The van der Waals surface area contributed by atoms with E-state index in [1.54, 1.807) is 24.3 Å². The van der Waals surface area contributed by atoms with Crippen LogP contribution in [0.15, 0.2) is 59.4 Å². The fourth-order valence-corrected chi connectivity index (χ4v) is 6.36. The molecule has 41 heavy (non-hydrogen) atoms. The van der Waals surface area contributed by atoms with E-state index in [1.165, 1.54) is 4.90 Å². The van der Waals surface area contributed by atoms with Crippen molar-refractivity contribution in [3.05, 3.63) is 81.9 Å². The Hall–Kier alpha value is -4.02. The Morgan fingerprint density at radius 3 is 2.68 bits per heavy atom. The van der Waals surface area contributed by atoms with Crippen LogP contribution in [0.1, 0.15) is 40.5 Å². The topological polar surface area (TPSA) is 110 Å². The van der Waals surface area contributed by atoms with Gasteiger partial charge in [0.05, 0.1) is 37.6 Å². The first-order valence-corrected chi connectivity index (χ1v) is 14.5. The van der Waals surface area contributed by atoms with Gasteiger partial charge < -0.3 is 29.7 Å². The average molecular weight is 558 g/mol. The number of morpholine rings is 1. The number of aryl methyl sites for hydroxylation is 1. The van der Waals surface area contributed by atoms with E-state index >= 15 is 0 Å². The van der Waals surface area contributed by atoms with E-state index in [-0.39, 0.29) is 23.3 Å². The van der Waals surface area contributed by atoms with E-state index in [0.29, 0.717) is 36.0 Å². The summed E-state index contributed by atoms with van der Waals surface area (Å²) in [6, 6.07) is 16.5. The number of amides is 2. The van der Waals surface area contributed by atoms with E-state index in [4.69, 9.17) is 4.74 Å². The molecule has 0 aliphatic carbocycles. The van der Waals surface area contributed by atoms with Gasteiger partial charge in [-0.2, -0.15) is 0 Å². The Morgan fingerprint density at radius 1 is 1.02 bits per heavy atom. The summed E-state index contributed by atoms with van der Waals surface area (Å²) in [6.45, 7) is 8.07. The second kappa shape index (κ2) is 11.8. The minimum atomic E-state index is -0.285. The van der Waals surface area contributed by atoms with Gasteiger partial charge in [0.1, 0.15) is 18.9 Å². The van der Waals surface area contributed by atoms with Crippen molar-refractivity contribution in [3.8, 4) is 0 Å². The molecule has 2 atom stereocenters. The maximum atomic E-state index is 13.2. The molecule has 6 rings (SSSR count). The number of quaternary nitrogens is 1. The molecular formula is C31H37N6O4+. The molecule has 2 bridgehead atoms.